The third-order valence-corrected chi connectivity index (χ3v) is 3.61. The Balaban J connectivity index is 2.36. The quantitative estimate of drug-likeness (QED) is 0.776. The van der Waals surface area contributed by atoms with Gasteiger partial charge >= 0.3 is 0 Å². The van der Waals surface area contributed by atoms with Gasteiger partial charge in [-0.05, 0) is 48.0 Å². The van der Waals surface area contributed by atoms with Gasteiger partial charge in [0.05, 0.1) is 6.54 Å². The third kappa shape index (κ3) is 1.67. The summed E-state index contributed by atoms with van der Waals surface area (Å²) >= 11 is 6.94. The van der Waals surface area contributed by atoms with E-state index in [1.807, 2.05) is 6.20 Å². The number of aryl methyl sites for hydroxylation is 2. The van der Waals surface area contributed by atoms with Crippen molar-refractivity contribution in [1.29, 1.82) is 0 Å². The lowest BCUT2D eigenvalue weighted by Crippen LogP contribution is -2.01. The summed E-state index contributed by atoms with van der Waals surface area (Å²) < 4.78 is 2.91. The van der Waals surface area contributed by atoms with Gasteiger partial charge in [-0.2, -0.15) is 11.3 Å². The first-order valence-electron chi connectivity index (χ1n) is 4.45. The SMILES string of the molecule is Cc1cscc1Cn1c(C)c[nH]c1=S. The van der Waals surface area contributed by atoms with Crippen LogP contribution in [0.2, 0.25) is 0 Å². The van der Waals surface area contributed by atoms with Crippen LogP contribution in [0.3, 0.4) is 0 Å². The summed E-state index contributed by atoms with van der Waals surface area (Å²) in [6.45, 7) is 5.08. The average Bonchev–Trinajstić information content (AvgIpc) is 2.67. The van der Waals surface area contributed by atoms with E-state index in [2.05, 4.69) is 34.2 Å². The molecule has 0 fully saturated rings. The van der Waals surface area contributed by atoms with Crippen LogP contribution in [0, 0.1) is 18.6 Å². The average molecular weight is 224 g/mol. The van der Waals surface area contributed by atoms with Crippen molar-refractivity contribution < 1.29 is 0 Å². The number of imidazole rings is 1. The van der Waals surface area contributed by atoms with Gasteiger partial charge in [-0.1, -0.05) is 0 Å². The van der Waals surface area contributed by atoms with Gasteiger partial charge in [0, 0.05) is 11.9 Å². The van der Waals surface area contributed by atoms with E-state index in [1.165, 1.54) is 16.8 Å². The zero-order valence-electron chi connectivity index (χ0n) is 8.20. The fraction of sp³-hybridized carbons (Fsp3) is 0.300. The summed E-state index contributed by atoms with van der Waals surface area (Å²) in [4.78, 5) is 3.05. The molecule has 0 aliphatic rings. The minimum atomic E-state index is 0.799. The Kier molecular flexibility index (Phi) is 2.56. The monoisotopic (exact) mass is 224 g/mol. The highest BCUT2D eigenvalue weighted by Crippen LogP contribution is 2.16. The Morgan fingerprint density at radius 1 is 1.43 bits per heavy atom. The van der Waals surface area contributed by atoms with E-state index in [-0.39, 0.29) is 0 Å². The fourth-order valence-electron chi connectivity index (χ4n) is 1.40. The Hall–Kier alpha value is -0.870. The molecule has 74 valence electrons. The fourth-order valence-corrected chi connectivity index (χ4v) is 2.51. The standard InChI is InChI=1S/C10H12N2S2/c1-7-5-14-6-9(7)4-12-8(2)3-11-10(12)13/h3,5-6H,4H2,1-2H3,(H,11,13). The number of hydrogen-bond donors (Lipinski definition) is 1. The van der Waals surface area contributed by atoms with Crippen LogP contribution in [0.1, 0.15) is 16.8 Å². The molecular formula is C10H12N2S2. The minimum Gasteiger partial charge on any atom is -0.337 e. The van der Waals surface area contributed by atoms with Gasteiger partial charge in [-0.15, -0.1) is 0 Å². The summed E-state index contributed by atoms with van der Waals surface area (Å²) in [5.74, 6) is 0. The van der Waals surface area contributed by atoms with Gasteiger partial charge < -0.3 is 9.55 Å². The number of hydrogen-bond acceptors (Lipinski definition) is 2. The number of rotatable bonds is 2. The molecule has 2 heterocycles. The predicted octanol–water partition coefficient (Wildman–Crippen LogP) is 3.27. The second kappa shape index (κ2) is 3.71. The van der Waals surface area contributed by atoms with Gasteiger partial charge in [0.25, 0.3) is 0 Å². The zero-order chi connectivity index (χ0) is 10.1. The molecule has 0 spiro atoms. The van der Waals surface area contributed by atoms with Crippen molar-refractivity contribution in [3.63, 3.8) is 0 Å². The smallest absolute Gasteiger partial charge is 0.177 e. The number of thiophene rings is 1. The molecule has 0 saturated carbocycles. The molecule has 0 aliphatic carbocycles. The second-order valence-electron chi connectivity index (χ2n) is 3.40. The van der Waals surface area contributed by atoms with Crippen molar-refractivity contribution in [2.75, 3.05) is 0 Å². The molecule has 2 rings (SSSR count). The van der Waals surface area contributed by atoms with Crippen LogP contribution >= 0.6 is 23.6 Å². The molecule has 0 aliphatic heterocycles. The van der Waals surface area contributed by atoms with Gasteiger partial charge in [0.1, 0.15) is 0 Å². The number of H-pyrrole nitrogens is 1. The molecule has 2 nitrogen and oxygen atoms in total. The lowest BCUT2D eigenvalue weighted by atomic mass is 10.2. The van der Waals surface area contributed by atoms with Crippen LogP contribution < -0.4 is 0 Å². The number of nitrogens with zero attached hydrogens (tertiary/aromatic N) is 1. The van der Waals surface area contributed by atoms with E-state index in [4.69, 9.17) is 12.2 Å². The molecule has 2 aromatic heterocycles. The van der Waals surface area contributed by atoms with Crippen molar-refractivity contribution in [2.45, 2.75) is 20.4 Å². The molecule has 0 unspecified atom stereocenters. The molecule has 14 heavy (non-hydrogen) atoms. The van der Waals surface area contributed by atoms with Crippen LogP contribution in [-0.4, -0.2) is 9.55 Å². The number of aromatic nitrogens is 2. The predicted molar refractivity (Wildman–Crippen MR) is 62.5 cm³/mol. The number of aromatic amines is 1. The van der Waals surface area contributed by atoms with E-state index in [0.29, 0.717) is 0 Å². The summed E-state index contributed by atoms with van der Waals surface area (Å²) in [7, 11) is 0. The lowest BCUT2D eigenvalue weighted by molar-refractivity contribution is 0.757. The highest BCUT2D eigenvalue weighted by molar-refractivity contribution is 7.71. The maximum atomic E-state index is 5.20. The Labute approximate surface area is 92.2 Å². The highest BCUT2D eigenvalue weighted by Gasteiger charge is 2.03. The molecule has 0 aromatic carbocycles. The molecule has 0 bridgehead atoms. The van der Waals surface area contributed by atoms with Crippen molar-refractivity contribution >= 4 is 23.6 Å². The van der Waals surface area contributed by atoms with Crippen molar-refractivity contribution in [3.8, 4) is 0 Å². The van der Waals surface area contributed by atoms with Crippen LogP contribution in [0.4, 0.5) is 0 Å². The zero-order valence-corrected chi connectivity index (χ0v) is 9.84. The second-order valence-corrected chi connectivity index (χ2v) is 4.53. The van der Waals surface area contributed by atoms with Crippen molar-refractivity contribution in [1.82, 2.24) is 9.55 Å². The van der Waals surface area contributed by atoms with Gasteiger partial charge in [-0.3, -0.25) is 0 Å². The molecule has 0 radical (unpaired) electrons. The lowest BCUT2D eigenvalue weighted by Gasteiger charge is -2.04. The third-order valence-electron chi connectivity index (χ3n) is 2.37. The van der Waals surface area contributed by atoms with Gasteiger partial charge in [0.15, 0.2) is 4.77 Å². The topological polar surface area (TPSA) is 20.7 Å². The molecule has 0 amide bonds. The van der Waals surface area contributed by atoms with E-state index in [9.17, 15) is 0 Å². The summed E-state index contributed by atoms with van der Waals surface area (Å²) in [6.07, 6.45) is 1.95. The van der Waals surface area contributed by atoms with Crippen molar-refractivity contribution in [2.24, 2.45) is 0 Å². The summed E-state index contributed by atoms with van der Waals surface area (Å²) in [5.41, 5.74) is 3.88. The maximum Gasteiger partial charge on any atom is 0.177 e. The summed E-state index contributed by atoms with van der Waals surface area (Å²) in [6, 6.07) is 0. The normalized spacial score (nSPS) is 10.7. The van der Waals surface area contributed by atoms with Gasteiger partial charge in [0.2, 0.25) is 0 Å². The minimum absolute atomic E-state index is 0.799. The molecule has 0 saturated heterocycles. The van der Waals surface area contributed by atoms with E-state index in [0.717, 1.165) is 11.3 Å². The molecule has 2 aromatic rings. The maximum absolute atomic E-state index is 5.20. The van der Waals surface area contributed by atoms with Crippen molar-refractivity contribution in [3.05, 3.63) is 38.5 Å². The first-order valence-corrected chi connectivity index (χ1v) is 5.80. The molecule has 0 atom stereocenters. The largest absolute Gasteiger partial charge is 0.337 e. The molecule has 1 N–H and O–H groups in total. The van der Waals surface area contributed by atoms with Crippen LogP contribution in [0.15, 0.2) is 17.0 Å². The Bertz CT molecular complexity index is 490. The molecular weight excluding hydrogens is 212 g/mol. The van der Waals surface area contributed by atoms with Crippen LogP contribution in [0.25, 0.3) is 0 Å². The van der Waals surface area contributed by atoms with Crippen LogP contribution in [-0.2, 0) is 6.54 Å². The van der Waals surface area contributed by atoms with E-state index < -0.39 is 0 Å². The van der Waals surface area contributed by atoms with Crippen LogP contribution in [0.5, 0.6) is 0 Å². The first kappa shape index (κ1) is 9.68. The van der Waals surface area contributed by atoms with E-state index >= 15 is 0 Å². The van der Waals surface area contributed by atoms with E-state index in [1.54, 1.807) is 11.3 Å². The van der Waals surface area contributed by atoms with Gasteiger partial charge in [-0.25, -0.2) is 0 Å². The highest BCUT2D eigenvalue weighted by atomic mass is 32.1. The Morgan fingerprint density at radius 3 is 2.71 bits per heavy atom. The number of nitrogens with one attached hydrogen (secondary N) is 1. The summed E-state index contributed by atoms with van der Waals surface area (Å²) in [5, 5.41) is 4.35. The Morgan fingerprint density at radius 2 is 2.21 bits per heavy atom. The molecule has 4 heteroatoms. The first-order chi connectivity index (χ1) is 6.68.